The lowest BCUT2D eigenvalue weighted by Crippen LogP contribution is -2.41. The number of hydrogen-bond donors (Lipinski definition) is 1. The first kappa shape index (κ1) is 21.0. The van der Waals surface area contributed by atoms with Gasteiger partial charge in [0.15, 0.2) is 11.4 Å². The van der Waals surface area contributed by atoms with Crippen molar-refractivity contribution in [1.82, 2.24) is 0 Å². The van der Waals surface area contributed by atoms with Gasteiger partial charge in [-0.05, 0) is 67.6 Å². The van der Waals surface area contributed by atoms with E-state index in [-0.39, 0.29) is 12.2 Å². The second-order valence-electron chi connectivity index (χ2n) is 8.55. The molecule has 1 heterocycles. The van der Waals surface area contributed by atoms with Crippen LogP contribution in [0.4, 0.5) is 5.69 Å². The van der Waals surface area contributed by atoms with Crippen LogP contribution in [0.5, 0.6) is 0 Å². The Labute approximate surface area is 183 Å². The Kier molecular flexibility index (Phi) is 5.28. The molecule has 0 radical (unpaired) electrons. The maximum atomic E-state index is 13.5. The molecular weight excluding hydrogens is 386 g/mol. The van der Waals surface area contributed by atoms with Crippen LogP contribution in [0, 0.1) is 27.7 Å². The molecule has 0 aromatic heterocycles. The molecule has 0 saturated carbocycles. The highest BCUT2D eigenvalue weighted by molar-refractivity contribution is 6.11. The first-order valence-corrected chi connectivity index (χ1v) is 10.5. The molecule has 0 bridgehead atoms. The summed E-state index contributed by atoms with van der Waals surface area (Å²) in [6.07, 6.45) is -0.281. The zero-order chi connectivity index (χ0) is 22.3. The molecule has 4 nitrogen and oxygen atoms in total. The van der Waals surface area contributed by atoms with Gasteiger partial charge in [0.25, 0.3) is 5.91 Å². The molecule has 158 valence electrons. The summed E-state index contributed by atoms with van der Waals surface area (Å²) in [5.74, 6) is -0.684. The first-order chi connectivity index (χ1) is 14.7. The molecule has 1 aliphatic heterocycles. The van der Waals surface area contributed by atoms with Crippen molar-refractivity contribution in [2.45, 2.75) is 46.3 Å². The van der Waals surface area contributed by atoms with Crippen molar-refractivity contribution in [1.29, 1.82) is 0 Å². The Morgan fingerprint density at radius 2 is 1.52 bits per heavy atom. The molecule has 4 rings (SSSR count). The second-order valence-corrected chi connectivity index (χ2v) is 8.55. The van der Waals surface area contributed by atoms with Gasteiger partial charge in [0.2, 0.25) is 0 Å². The Balaban J connectivity index is 1.71. The predicted molar refractivity (Wildman–Crippen MR) is 122 cm³/mol. The van der Waals surface area contributed by atoms with Crippen LogP contribution in [-0.4, -0.2) is 16.8 Å². The van der Waals surface area contributed by atoms with Crippen LogP contribution >= 0.6 is 0 Å². The average Bonchev–Trinajstić information content (AvgIpc) is 2.94. The third-order valence-electron chi connectivity index (χ3n) is 6.39. The number of aliphatic hydroxyl groups is 1. The number of carbonyl (C=O) groups excluding carboxylic acids is 2. The van der Waals surface area contributed by atoms with Crippen LogP contribution in [0.3, 0.4) is 0 Å². The molecular formula is C27H27NO3. The van der Waals surface area contributed by atoms with E-state index in [0.29, 0.717) is 23.4 Å². The number of nitrogens with zero attached hydrogens (tertiary/aromatic N) is 1. The van der Waals surface area contributed by atoms with E-state index in [9.17, 15) is 14.7 Å². The van der Waals surface area contributed by atoms with Crippen LogP contribution in [0.2, 0.25) is 0 Å². The van der Waals surface area contributed by atoms with Crippen LogP contribution in [0.1, 0.15) is 50.2 Å². The van der Waals surface area contributed by atoms with Gasteiger partial charge in [-0.15, -0.1) is 0 Å². The number of fused-ring (bicyclic) bond motifs is 1. The maximum absolute atomic E-state index is 13.5. The van der Waals surface area contributed by atoms with Crippen LogP contribution in [-0.2, 0) is 16.9 Å². The number of amides is 1. The SMILES string of the molecule is Cc1cc(C)c(C(=O)C[C@@]2(O)C(=O)N(Cc3ccccc3C)c3ccccc32)cc1C. The van der Waals surface area contributed by atoms with E-state index in [1.54, 1.807) is 17.0 Å². The molecule has 1 N–H and O–H groups in total. The third-order valence-corrected chi connectivity index (χ3v) is 6.39. The molecule has 31 heavy (non-hydrogen) atoms. The van der Waals surface area contributed by atoms with Gasteiger partial charge < -0.3 is 10.0 Å². The predicted octanol–water partition coefficient (Wildman–Crippen LogP) is 4.93. The van der Waals surface area contributed by atoms with Gasteiger partial charge in [-0.2, -0.15) is 0 Å². The van der Waals surface area contributed by atoms with Crippen molar-refractivity contribution < 1.29 is 14.7 Å². The van der Waals surface area contributed by atoms with Crippen molar-refractivity contribution in [2.24, 2.45) is 0 Å². The monoisotopic (exact) mass is 413 g/mol. The molecule has 0 fully saturated rings. The molecule has 0 unspecified atom stereocenters. The van der Waals surface area contributed by atoms with E-state index in [1.807, 2.05) is 76.2 Å². The summed E-state index contributed by atoms with van der Waals surface area (Å²) < 4.78 is 0. The Bertz CT molecular complexity index is 1200. The maximum Gasteiger partial charge on any atom is 0.264 e. The van der Waals surface area contributed by atoms with E-state index in [2.05, 4.69) is 0 Å². The Hall–Kier alpha value is -3.24. The summed E-state index contributed by atoms with van der Waals surface area (Å²) in [4.78, 5) is 28.3. The average molecular weight is 414 g/mol. The topological polar surface area (TPSA) is 57.6 Å². The number of hydrogen-bond acceptors (Lipinski definition) is 3. The minimum atomic E-state index is -1.87. The van der Waals surface area contributed by atoms with Gasteiger partial charge >= 0.3 is 0 Å². The summed E-state index contributed by atoms with van der Waals surface area (Å²) in [7, 11) is 0. The fraction of sp³-hybridized carbons (Fsp3) is 0.259. The lowest BCUT2D eigenvalue weighted by Gasteiger charge is -2.23. The highest BCUT2D eigenvalue weighted by atomic mass is 16.3. The standard InChI is InChI=1S/C27H27NO3/c1-17-9-5-6-10-21(17)16-28-24-12-8-7-11-23(24)27(31,26(28)30)15-25(29)22-14-19(3)18(2)13-20(22)4/h5-14,31H,15-16H2,1-4H3/t27-/m0/s1. The molecule has 4 heteroatoms. The first-order valence-electron chi connectivity index (χ1n) is 10.5. The minimum Gasteiger partial charge on any atom is -0.375 e. The molecule has 3 aromatic rings. The quantitative estimate of drug-likeness (QED) is 0.604. The van der Waals surface area contributed by atoms with Crippen LogP contribution in [0.25, 0.3) is 0 Å². The van der Waals surface area contributed by atoms with Crippen molar-refractivity contribution in [3.8, 4) is 0 Å². The Morgan fingerprint density at radius 3 is 2.26 bits per heavy atom. The number of aryl methyl sites for hydroxylation is 4. The molecule has 0 spiro atoms. The molecule has 1 aliphatic rings. The van der Waals surface area contributed by atoms with Gasteiger partial charge in [-0.3, -0.25) is 9.59 Å². The third kappa shape index (κ3) is 3.57. The van der Waals surface area contributed by atoms with E-state index in [4.69, 9.17) is 0 Å². The summed E-state index contributed by atoms with van der Waals surface area (Å²) in [6.45, 7) is 8.20. The highest BCUT2D eigenvalue weighted by Gasteiger charge is 2.50. The van der Waals surface area contributed by atoms with Crippen molar-refractivity contribution in [2.75, 3.05) is 4.90 Å². The minimum absolute atomic E-state index is 0.232. The molecule has 1 atom stereocenters. The lowest BCUT2D eigenvalue weighted by atomic mass is 9.86. The molecule has 0 saturated heterocycles. The summed E-state index contributed by atoms with van der Waals surface area (Å²) >= 11 is 0. The number of benzene rings is 3. The number of para-hydroxylation sites is 1. The van der Waals surface area contributed by atoms with E-state index in [0.717, 1.165) is 27.8 Å². The van der Waals surface area contributed by atoms with Crippen LogP contribution < -0.4 is 4.90 Å². The van der Waals surface area contributed by atoms with Crippen LogP contribution in [0.15, 0.2) is 60.7 Å². The fourth-order valence-electron chi connectivity index (χ4n) is 4.38. The van der Waals surface area contributed by atoms with Gasteiger partial charge in [0.1, 0.15) is 0 Å². The lowest BCUT2D eigenvalue weighted by molar-refractivity contribution is -0.136. The van der Waals surface area contributed by atoms with Crippen molar-refractivity contribution in [3.05, 3.63) is 99.6 Å². The van der Waals surface area contributed by atoms with Crippen molar-refractivity contribution in [3.63, 3.8) is 0 Å². The number of Topliss-reactive ketones (excluding diaryl/α,β-unsaturated/α-hetero) is 1. The zero-order valence-electron chi connectivity index (χ0n) is 18.4. The summed E-state index contributed by atoms with van der Waals surface area (Å²) in [5.41, 5.74) is 4.88. The number of rotatable bonds is 5. The van der Waals surface area contributed by atoms with Gasteiger partial charge in [0, 0.05) is 11.1 Å². The normalized spacial score (nSPS) is 17.7. The Morgan fingerprint density at radius 1 is 0.871 bits per heavy atom. The molecule has 3 aromatic carbocycles. The summed E-state index contributed by atoms with van der Waals surface area (Å²) in [5, 5.41) is 11.6. The van der Waals surface area contributed by atoms with Gasteiger partial charge in [-0.25, -0.2) is 0 Å². The van der Waals surface area contributed by atoms with Gasteiger partial charge in [0.05, 0.1) is 18.7 Å². The van der Waals surface area contributed by atoms with Crippen molar-refractivity contribution >= 4 is 17.4 Å². The largest absolute Gasteiger partial charge is 0.375 e. The number of ketones is 1. The number of carbonyl (C=O) groups is 2. The van der Waals surface area contributed by atoms with Gasteiger partial charge in [-0.1, -0.05) is 48.5 Å². The van der Waals surface area contributed by atoms with E-state index >= 15 is 0 Å². The molecule has 1 amide bonds. The highest BCUT2D eigenvalue weighted by Crippen LogP contribution is 2.43. The summed E-state index contributed by atoms with van der Waals surface area (Å²) in [6, 6.07) is 18.9. The fourth-order valence-corrected chi connectivity index (χ4v) is 4.38. The smallest absolute Gasteiger partial charge is 0.264 e. The van der Waals surface area contributed by atoms with E-state index in [1.165, 1.54) is 0 Å². The van der Waals surface area contributed by atoms with E-state index < -0.39 is 11.5 Å². The number of anilines is 1. The second kappa shape index (κ2) is 7.78. The zero-order valence-corrected chi connectivity index (χ0v) is 18.4. The molecule has 0 aliphatic carbocycles.